The molecule has 1 unspecified atom stereocenters. The number of hydrogen-bond acceptors (Lipinski definition) is 3. The van der Waals surface area contributed by atoms with E-state index in [0.29, 0.717) is 11.4 Å². The van der Waals surface area contributed by atoms with Crippen LogP contribution in [-0.4, -0.2) is 14.8 Å². The zero-order valence-electron chi connectivity index (χ0n) is 10.9. The minimum Gasteiger partial charge on any atom is -0.324 e. The van der Waals surface area contributed by atoms with Crippen molar-refractivity contribution in [3.8, 4) is 0 Å². The summed E-state index contributed by atoms with van der Waals surface area (Å²) in [5, 5.41) is 5.11. The first-order chi connectivity index (χ1) is 9.02. The first-order valence-corrected chi connectivity index (χ1v) is 7.27. The van der Waals surface area contributed by atoms with E-state index >= 15 is 0 Å². The van der Waals surface area contributed by atoms with Crippen LogP contribution in [-0.2, 0) is 13.0 Å². The highest BCUT2D eigenvalue weighted by atomic mass is 79.9. The van der Waals surface area contributed by atoms with Crippen molar-refractivity contribution in [2.45, 2.75) is 32.9 Å². The summed E-state index contributed by atoms with van der Waals surface area (Å²) in [6.45, 7) is 4.73. The largest absolute Gasteiger partial charge is 0.324 e. The number of pyridine rings is 1. The Kier molecular flexibility index (Phi) is 4.60. The normalized spacial score (nSPS) is 12.7. The average Bonchev–Trinajstić information content (AvgIpc) is 2.66. The summed E-state index contributed by atoms with van der Waals surface area (Å²) in [7, 11) is 0. The Labute approximate surface area is 126 Å². The number of nitrogens with two attached hydrogens (primary N) is 1. The molecule has 102 valence electrons. The molecule has 0 radical (unpaired) electrons. The topological polar surface area (TPSA) is 56.7 Å². The Morgan fingerprint density at radius 2 is 2.21 bits per heavy atom. The Bertz CT molecular complexity index is 582. The monoisotopic (exact) mass is 342 g/mol. The van der Waals surface area contributed by atoms with E-state index in [2.05, 4.69) is 26.0 Å². The maximum atomic E-state index is 6.29. The molecule has 0 saturated carbocycles. The van der Waals surface area contributed by atoms with Crippen molar-refractivity contribution in [1.82, 2.24) is 14.8 Å². The lowest BCUT2D eigenvalue weighted by Gasteiger charge is -2.13. The summed E-state index contributed by atoms with van der Waals surface area (Å²) in [6, 6.07) is 1.83. The lowest BCUT2D eigenvalue weighted by Crippen LogP contribution is -2.16. The van der Waals surface area contributed by atoms with Gasteiger partial charge in [0, 0.05) is 35.9 Å². The summed E-state index contributed by atoms with van der Waals surface area (Å²) in [5.41, 5.74) is 9.04. The molecule has 2 rings (SSSR count). The molecule has 0 aromatic carbocycles. The van der Waals surface area contributed by atoms with E-state index in [1.807, 2.05) is 24.6 Å². The molecular formula is C13H16BrClN4. The fourth-order valence-corrected chi connectivity index (χ4v) is 2.62. The maximum Gasteiger partial charge on any atom is 0.0847 e. The van der Waals surface area contributed by atoms with Crippen molar-refractivity contribution in [2.75, 3.05) is 0 Å². The van der Waals surface area contributed by atoms with Crippen molar-refractivity contribution in [3.63, 3.8) is 0 Å². The number of halogens is 2. The maximum absolute atomic E-state index is 6.29. The van der Waals surface area contributed by atoms with Gasteiger partial charge in [-0.25, -0.2) is 0 Å². The minimum atomic E-state index is -0.149. The Balaban J connectivity index is 2.26. The summed E-state index contributed by atoms with van der Waals surface area (Å²) in [6.07, 6.45) is 4.16. The second kappa shape index (κ2) is 6.03. The first kappa shape index (κ1) is 14.5. The van der Waals surface area contributed by atoms with Crippen LogP contribution in [0.2, 0.25) is 5.02 Å². The molecule has 2 N–H and O–H groups in total. The minimum absolute atomic E-state index is 0.149. The van der Waals surface area contributed by atoms with Crippen molar-refractivity contribution < 1.29 is 0 Å². The molecule has 6 heteroatoms. The highest BCUT2D eigenvalue weighted by molar-refractivity contribution is 9.10. The molecule has 0 fully saturated rings. The quantitative estimate of drug-likeness (QED) is 0.927. The summed E-state index contributed by atoms with van der Waals surface area (Å²) >= 11 is 9.69. The van der Waals surface area contributed by atoms with Gasteiger partial charge in [0.1, 0.15) is 0 Å². The molecule has 0 aliphatic carbocycles. The molecule has 0 saturated heterocycles. The SMILES string of the molecule is CCn1nc(C)c(Cl)c1CC(N)c1cncc(Br)c1. The van der Waals surface area contributed by atoms with Gasteiger partial charge < -0.3 is 5.73 Å². The Morgan fingerprint density at radius 3 is 2.84 bits per heavy atom. The summed E-state index contributed by atoms with van der Waals surface area (Å²) in [5.74, 6) is 0. The summed E-state index contributed by atoms with van der Waals surface area (Å²) < 4.78 is 2.83. The molecule has 19 heavy (non-hydrogen) atoms. The molecule has 4 nitrogen and oxygen atoms in total. The van der Waals surface area contributed by atoms with Gasteiger partial charge in [-0.05, 0) is 41.4 Å². The highest BCUT2D eigenvalue weighted by Gasteiger charge is 2.17. The van der Waals surface area contributed by atoms with E-state index in [9.17, 15) is 0 Å². The Hall–Kier alpha value is -0.910. The van der Waals surface area contributed by atoms with Gasteiger partial charge in [-0.1, -0.05) is 11.6 Å². The third kappa shape index (κ3) is 3.16. The zero-order valence-corrected chi connectivity index (χ0v) is 13.2. The molecule has 0 bridgehead atoms. The van der Waals surface area contributed by atoms with Gasteiger partial charge in [0.15, 0.2) is 0 Å². The third-order valence-electron chi connectivity index (χ3n) is 3.02. The molecular weight excluding hydrogens is 328 g/mol. The smallest absolute Gasteiger partial charge is 0.0847 e. The zero-order chi connectivity index (χ0) is 14.0. The van der Waals surface area contributed by atoms with Gasteiger partial charge in [-0.15, -0.1) is 0 Å². The molecule has 0 aliphatic rings. The van der Waals surface area contributed by atoms with Crippen LogP contribution in [0.3, 0.4) is 0 Å². The number of hydrogen-bond donors (Lipinski definition) is 1. The molecule has 2 aromatic rings. The van der Waals surface area contributed by atoms with Gasteiger partial charge >= 0.3 is 0 Å². The van der Waals surface area contributed by atoms with Gasteiger partial charge in [-0.3, -0.25) is 9.67 Å². The molecule has 2 aromatic heterocycles. The first-order valence-electron chi connectivity index (χ1n) is 6.10. The fourth-order valence-electron chi connectivity index (χ4n) is 2.02. The van der Waals surface area contributed by atoms with Crippen LogP contribution >= 0.6 is 27.5 Å². The number of aromatic nitrogens is 3. The van der Waals surface area contributed by atoms with Gasteiger partial charge in [-0.2, -0.15) is 5.10 Å². The predicted octanol–water partition coefficient (Wildman–Crippen LogP) is 3.26. The second-order valence-corrected chi connectivity index (χ2v) is 5.70. The molecule has 0 amide bonds. The highest BCUT2D eigenvalue weighted by Crippen LogP contribution is 2.25. The fraction of sp³-hybridized carbons (Fsp3) is 0.385. The van der Waals surface area contributed by atoms with Crippen molar-refractivity contribution in [1.29, 1.82) is 0 Å². The van der Waals surface area contributed by atoms with Gasteiger partial charge in [0.2, 0.25) is 0 Å². The van der Waals surface area contributed by atoms with E-state index in [1.54, 1.807) is 12.4 Å². The Morgan fingerprint density at radius 1 is 1.47 bits per heavy atom. The van der Waals surface area contributed by atoms with Crippen LogP contribution in [0.5, 0.6) is 0 Å². The van der Waals surface area contributed by atoms with Crippen LogP contribution in [0.1, 0.15) is 29.9 Å². The molecule has 0 spiro atoms. The average molecular weight is 344 g/mol. The van der Waals surface area contributed by atoms with Crippen LogP contribution in [0.4, 0.5) is 0 Å². The van der Waals surface area contributed by atoms with Crippen molar-refractivity contribution in [2.24, 2.45) is 5.73 Å². The van der Waals surface area contributed by atoms with Gasteiger partial charge in [0.05, 0.1) is 16.4 Å². The molecule has 2 heterocycles. The lowest BCUT2D eigenvalue weighted by molar-refractivity contribution is 0.586. The summed E-state index contributed by atoms with van der Waals surface area (Å²) in [4.78, 5) is 4.13. The second-order valence-electron chi connectivity index (χ2n) is 4.41. The number of aryl methyl sites for hydroxylation is 2. The van der Waals surface area contributed by atoms with E-state index in [1.165, 1.54) is 0 Å². The van der Waals surface area contributed by atoms with Crippen LogP contribution in [0, 0.1) is 6.92 Å². The van der Waals surface area contributed by atoms with Crippen LogP contribution in [0.15, 0.2) is 22.9 Å². The number of rotatable bonds is 4. The third-order valence-corrected chi connectivity index (χ3v) is 3.95. The predicted molar refractivity (Wildman–Crippen MR) is 80.2 cm³/mol. The molecule has 1 atom stereocenters. The van der Waals surface area contributed by atoms with Crippen molar-refractivity contribution in [3.05, 3.63) is 44.9 Å². The van der Waals surface area contributed by atoms with E-state index in [-0.39, 0.29) is 6.04 Å². The van der Waals surface area contributed by atoms with Crippen LogP contribution < -0.4 is 5.73 Å². The van der Waals surface area contributed by atoms with Gasteiger partial charge in [0.25, 0.3) is 0 Å². The lowest BCUT2D eigenvalue weighted by atomic mass is 10.0. The molecule has 0 aliphatic heterocycles. The van der Waals surface area contributed by atoms with Crippen LogP contribution in [0.25, 0.3) is 0 Å². The van der Waals surface area contributed by atoms with E-state index < -0.39 is 0 Å². The van der Waals surface area contributed by atoms with E-state index in [4.69, 9.17) is 17.3 Å². The van der Waals surface area contributed by atoms with E-state index in [0.717, 1.165) is 28.0 Å². The standard InChI is InChI=1S/C13H16BrClN4/c1-3-19-12(13(15)8(2)18-19)5-11(16)9-4-10(14)7-17-6-9/h4,6-7,11H,3,5,16H2,1-2H3. The van der Waals surface area contributed by atoms with Crippen molar-refractivity contribution >= 4 is 27.5 Å². The number of nitrogens with zero attached hydrogens (tertiary/aromatic N) is 3.